The van der Waals surface area contributed by atoms with E-state index in [1.54, 1.807) is 0 Å². The monoisotopic (exact) mass is 331 g/mol. The van der Waals surface area contributed by atoms with Gasteiger partial charge in [-0.1, -0.05) is 24.6 Å². The van der Waals surface area contributed by atoms with Crippen LogP contribution in [0.1, 0.15) is 38.2 Å². The summed E-state index contributed by atoms with van der Waals surface area (Å²) < 4.78 is 0. The number of piperazine rings is 1. The summed E-state index contributed by atoms with van der Waals surface area (Å²) in [4.78, 5) is 27.4. The number of carbonyl (C=O) groups is 2. The van der Waals surface area contributed by atoms with Crippen molar-refractivity contribution in [3.63, 3.8) is 0 Å². The molecular formula is C19H29N3O2. The molecule has 1 N–H and O–H groups in total. The first-order valence-corrected chi connectivity index (χ1v) is 8.90. The topological polar surface area (TPSA) is 52.7 Å². The van der Waals surface area contributed by atoms with Crippen LogP contribution in [0.15, 0.2) is 24.3 Å². The molecule has 2 amide bonds. The number of unbranched alkanes of at least 4 members (excludes halogenated alkanes) is 2. The van der Waals surface area contributed by atoms with Gasteiger partial charge in [-0.15, -0.1) is 0 Å². The number of benzene rings is 1. The van der Waals surface area contributed by atoms with Crippen molar-refractivity contribution in [2.75, 3.05) is 37.6 Å². The number of nitrogens with one attached hydrogen (secondary N) is 1. The van der Waals surface area contributed by atoms with Gasteiger partial charge in [-0.25, -0.2) is 0 Å². The van der Waals surface area contributed by atoms with Gasteiger partial charge in [-0.2, -0.15) is 0 Å². The molecule has 1 aromatic carbocycles. The SMILES string of the molecule is CC(=O)NCCCCCC(=O)N1CCN(c2ccccc2C)CC1. The van der Waals surface area contributed by atoms with Crippen LogP contribution >= 0.6 is 0 Å². The van der Waals surface area contributed by atoms with Crippen molar-refractivity contribution in [3.05, 3.63) is 29.8 Å². The van der Waals surface area contributed by atoms with Gasteiger partial charge in [0, 0.05) is 51.8 Å². The van der Waals surface area contributed by atoms with Crippen LogP contribution in [-0.2, 0) is 9.59 Å². The Kier molecular flexibility index (Phi) is 7.09. The predicted octanol–water partition coefficient (Wildman–Crippen LogP) is 2.34. The average Bonchev–Trinajstić information content (AvgIpc) is 2.58. The molecule has 2 rings (SSSR count). The summed E-state index contributed by atoms with van der Waals surface area (Å²) in [6.07, 6.45) is 3.43. The molecular weight excluding hydrogens is 302 g/mol. The minimum atomic E-state index is 0.0117. The molecule has 1 aromatic rings. The third-order valence-electron chi connectivity index (χ3n) is 4.53. The summed E-state index contributed by atoms with van der Waals surface area (Å²) in [7, 11) is 0. The number of rotatable bonds is 7. The normalized spacial score (nSPS) is 14.6. The van der Waals surface area contributed by atoms with Gasteiger partial charge in [0.1, 0.15) is 0 Å². The van der Waals surface area contributed by atoms with Gasteiger partial charge in [-0.3, -0.25) is 9.59 Å². The number of aryl methyl sites for hydroxylation is 1. The van der Waals surface area contributed by atoms with Crippen LogP contribution in [-0.4, -0.2) is 49.4 Å². The Morgan fingerprint density at radius 1 is 1.04 bits per heavy atom. The number of hydrogen-bond acceptors (Lipinski definition) is 3. The number of amides is 2. The lowest BCUT2D eigenvalue weighted by molar-refractivity contribution is -0.131. The highest BCUT2D eigenvalue weighted by Gasteiger charge is 2.21. The van der Waals surface area contributed by atoms with Crippen LogP contribution in [0.25, 0.3) is 0 Å². The van der Waals surface area contributed by atoms with E-state index < -0.39 is 0 Å². The smallest absolute Gasteiger partial charge is 0.222 e. The first-order valence-electron chi connectivity index (χ1n) is 8.90. The molecule has 5 heteroatoms. The highest BCUT2D eigenvalue weighted by molar-refractivity contribution is 5.76. The zero-order chi connectivity index (χ0) is 17.4. The fourth-order valence-electron chi connectivity index (χ4n) is 3.12. The molecule has 1 saturated heterocycles. The molecule has 1 heterocycles. The summed E-state index contributed by atoms with van der Waals surface area (Å²) in [5, 5.41) is 2.78. The third-order valence-corrected chi connectivity index (χ3v) is 4.53. The largest absolute Gasteiger partial charge is 0.368 e. The predicted molar refractivity (Wildman–Crippen MR) is 97.1 cm³/mol. The van der Waals surface area contributed by atoms with Crippen molar-refractivity contribution in [1.82, 2.24) is 10.2 Å². The summed E-state index contributed by atoms with van der Waals surface area (Å²) >= 11 is 0. The van der Waals surface area contributed by atoms with Crippen molar-refractivity contribution in [2.24, 2.45) is 0 Å². The van der Waals surface area contributed by atoms with E-state index in [-0.39, 0.29) is 11.8 Å². The molecule has 1 aliphatic rings. The minimum Gasteiger partial charge on any atom is -0.368 e. The lowest BCUT2D eigenvalue weighted by atomic mass is 10.1. The maximum atomic E-state index is 12.3. The molecule has 0 bridgehead atoms. The first-order chi connectivity index (χ1) is 11.6. The Balaban J connectivity index is 1.66. The molecule has 0 spiro atoms. The van der Waals surface area contributed by atoms with Crippen molar-refractivity contribution in [2.45, 2.75) is 39.5 Å². The molecule has 0 aliphatic carbocycles. The molecule has 1 fully saturated rings. The molecule has 1 aliphatic heterocycles. The highest BCUT2D eigenvalue weighted by Crippen LogP contribution is 2.21. The highest BCUT2D eigenvalue weighted by atomic mass is 16.2. The molecule has 0 unspecified atom stereocenters. The van der Waals surface area contributed by atoms with Gasteiger partial charge >= 0.3 is 0 Å². The Labute approximate surface area is 145 Å². The number of nitrogens with zero attached hydrogens (tertiary/aromatic N) is 2. The summed E-state index contributed by atoms with van der Waals surface area (Å²) in [5.74, 6) is 0.275. The molecule has 0 aromatic heterocycles. The molecule has 0 saturated carbocycles. The first kappa shape index (κ1) is 18.3. The average molecular weight is 331 g/mol. The van der Waals surface area contributed by atoms with E-state index in [4.69, 9.17) is 0 Å². The van der Waals surface area contributed by atoms with Gasteiger partial charge < -0.3 is 15.1 Å². The van der Waals surface area contributed by atoms with E-state index in [9.17, 15) is 9.59 Å². The lowest BCUT2D eigenvalue weighted by Gasteiger charge is -2.37. The van der Waals surface area contributed by atoms with Crippen molar-refractivity contribution >= 4 is 17.5 Å². The van der Waals surface area contributed by atoms with Crippen LogP contribution in [0.4, 0.5) is 5.69 Å². The Morgan fingerprint density at radius 2 is 1.75 bits per heavy atom. The van der Waals surface area contributed by atoms with Crippen molar-refractivity contribution in [3.8, 4) is 0 Å². The summed E-state index contributed by atoms with van der Waals surface area (Å²) in [6, 6.07) is 8.42. The van der Waals surface area contributed by atoms with E-state index in [2.05, 4.69) is 41.4 Å². The lowest BCUT2D eigenvalue weighted by Crippen LogP contribution is -2.48. The maximum Gasteiger partial charge on any atom is 0.222 e. The summed E-state index contributed by atoms with van der Waals surface area (Å²) in [6.45, 7) is 7.78. The summed E-state index contributed by atoms with van der Waals surface area (Å²) in [5.41, 5.74) is 2.57. The molecule has 5 nitrogen and oxygen atoms in total. The number of carbonyl (C=O) groups excluding carboxylic acids is 2. The number of para-hydroxylation sites is 1. The van der Waals surface area contributed by atoms with Gasteiger partial charge in [0.15, 0.2) is 0 Å². The van der Waals surface area contributed by atoms with Gasteiger partial charge in [0.25, 0.3) is 0 Å². The fraction of sp³-hybridized carbons (Fsp3) is 0.579. The molecule has 132 valence electrons. The van der Waals surface area contributed by atoms with Gasteiger partial charge in [0.2, 0.25) is 11.8 Å². The standard InChI is InChI=1S/C19H29N3O2/c1-16-8-5-6-9-18(16)21-12-14-22(15-13-21)19(24)10-4-3-7-11-20-17(2)23/h5-6,8-9H,3-4,7,10-15H2,1-2H3,(H,20,23). The maximum absolute atomic E-state index is 12.3. The van der Waals surface area contributed by atoms with E-state index in [0.29, 0.717) is 13.0 Å². The second-order valence-electron chi connectivity index (χ2n) is 6.45. The number of anilines is 1. The zero-order valence-electron chi connectivity index (χ0n) is 14.9. The van der Waals surface area contributed by atoms with E-state index >= 15 is 0 Å². The third kappa shape index (κ3) is 5.55. The Hall–Kier alpha value is -2.04. The Bertz CT molecular complexity index is 551. The van der Waals surface area contributed by atoms with Gasteiger partial charge in [-0.05, 0) is 31.4 Å². The quantitative estimate of drug-likeness (QED) is 0.780. The van der Waals surface area contributed by atoms with Crippen LogP contribution in [0.3, 0.4) is 0 Å². The second-order valence-corrected chi connectivity index (χ2v) is 6.45. The van der Waals surface area contributed by atoms with Gasteiger partial charge in [0.05, 0.1) is 0 Å². The van der Waals surface area contributed by atoms with Crippen LogP contribution < -0.4 is 10.2 Å². The van der Waals surface area contributed by atoms with Crippen LogP contribution in [0.5, 0.6) is 0 Å². The van der Waals surface area contributed by atoms with Crippen molar-refractivity contribution in [1.29, 1.82) is 0 Å². The van der Waals surface area contributed by atoms with Crippen molar-refractivity contribution < 1.29 is 9.59 Å². The van der Waals surface area contributed by atoms with E-state index in [0.717, 1.165) is 45.4 Å². The zero-order valence-corrected chi connectivity index (χ0v) is 14.9. The second kappa shape index (κ2) is 9.30. The minimum absolute atomic E-state index is 0.0117. The molecule has 0 atom stereocenters. The Morgan fingerprint density at radius 3 is 2.42 bits per heavy atom. The molecule has 24 heavy (non-hydrogen) atoms. The van der Waals surface area contributed by atoms with E-state index in [1.165, 1.54) is 18.2 Å². The van der Waals surface area contributed by atoms with E-state index in [1.807, 2.05) is 4.90 Å². The fourth-order valence-corrected chi connectivity index (χ4v) is 3.12. The van der Waals surface area contributed by atoms with Crippen LogP contribution in [0, 0.1) is 6.92 Å². The molecule has 0 radical (unpaired) electrons. The van der Waals surface area contributed by atoms with Crippen LogP contribution in [0.2, 0.25) is 0 Å². The number of hydrogen-bond donors (Lipinski definition) is 1.